The summed E-state index contributed by atoms with van der Waals surface area (Å²) in [6, 6.07) is 0. The molecule has 116 valence electrons. The van der Waals surface area contributed by atoms with Crippen LogP contribution in [-0.4, -0.2) is 12.0 Å². The number of fused-ring (bicyclic) bond motifs is 5. The molecular formula is C19H27FO. The van der Waals surface area contributed by atoms with E-state index in [1.165, 1.54) is 25.7 Å². The van der Waals surface area contributed by atoms with Crippen molar-refractivity contribution >= 4 is 5.78 Å². The monoisotopic (exact) mass is 290 g/mol. The molecule has 0 bridgehead atoms. The van der Waals surface area contributed by atoms with Crippen LogP contribution in [0.25, 0.3) is 0 Å². The lowest BCUT2D eigenvalue weighted by atomic mass is 9.48. The van der Waals surface area contributed by atoms with Gasteiger partial charge in [0.15, 0.2) is 12.0 Å². The molecular weight excluding hydrogens is 263 g/mol. The fourth-order valence-electron chi connectivity index (χ4n) is 6.45. The summed E-state index contributed by atoms with van der Waals surface area (Å²) in [6.45, 7) is 4.51. The van der Waals surface area contributed by atoms with Crippen molar-refractivity contribution in [3.63, 3.8) is 0 Å². The van der Waals surface area contributed by atoms with Crippen molar-refractivity contribution in [3.8, 4) is 0 Å². The zero-order valence-corrected chi connectivity index (χ0v) is 13.3. The van der Waals surface area contributed by atoms with Crippen LogP contribution in [-0.2, 0) is 4.79 Å². The Kier molecular flexibility index (Phi) is 2.94. The minimum absolute atomic E-state index is 0.0884. The second-order valence-corrected chi connectivity index (χ2v) is 8.49. The number of halogens is 1. The molecule has 0 N–H and O–H groups in total. The number of carbonyl (C=O) groups excluding carboxylic acids is 1. The number of hydrogen-bond donors (Lipinski definition) is 0. The minimum Gasteiger partial charge on any atom is -0.296 e. The van der Waals surface area contributed by atoms with E-state index < -0.39 is 6.17 Å². The van der Waals surface area contributed by atoms with Gasteiger partial charge in [-0.05, 0) is 68.1 Å². The Labute approximate surface area is 127 Å². The molecule has 0 spiro atoms. The van der Waals surface area contributed by atoms with E-state index in [0.717, 1.165) is 19.3 Å². The highest BCUT2D eigenvalue weighted by Gasteiger charge is 2.61. The Morgan fingerprint density at radius 2 is 1.95 bits per heavy atom. The second-order valence-electron chi connectivity index (χ2n) is 8.49. The van der Waals surface area contributed by atoms with Gasteiger partial charge in [0.25, 0.3) is 0 Å². The van der Waals surface area contributed by atoms with Crippen LogP contribution in [0.2, 0.25) is 0 Å². The molecule has 0 amide bonds. The predicted octanol–water partition coefficient (Wildman–Crippen LogP) is 4.86. The summed E-state index contributed by atoms with van der Waals surface area (Å²) in [4.78, 5) is 12.3. The van der Waals surface area contributed by atoms with E-state index in [0.29, 0.717) is 23.7 Å². The molecule has 4 rings (SSSR count). The third-order valence-corrected chi connectivity index (χ3v) is 7.72. The van der Waals surface area contributed by atoms with Gasteiger partial charge in [0.2, 0.25) is 0 Å². The first-order valence-electron chi connectivity index (χ1n) is 8.85. The van der Waals surface area contributed by atoms with E-state index in [1.54, 1.807) is 5.57 Å². The molecule has 6 atom stereocenters. The molecule has 0 aliphatic heterocycles. The van der Waals surface area contributed by atoms with Crippen LogP contribution in [0.4, 0.5) is 4.39 Å². The predicted molar refractivity (Wildman–Crippen MR) is 81.6 cm³/mol. The minimum atomic E-state index is -1.19. The topological polar surface area (TPSA) is 17.1 Å². The Balaban J connectivity index is 1.71. The molecule has 2 heteroatoms. The van der Waals surface area contributed by atoms with Gasteiger partial charge in [-0.1, -0.05) is 31.9 Å². The smallest absolute Gasteiger partial charge is 0.173 e. The fourth-order valence-corrected chi connectivity index (χ4v) is 6.45. The van der Waals surface area contributed by atoms with Crippen LogP contribution in [0, 0.1) is 28.6 Å². The van der Waals surface area contributed by atoms with E-state index in [1.807, 2.05) is 0 Å². The summed E-state index contributed by atoms with van der Waals surface area (Å²) >= 11 is 0. The van der Waals surface area contributed by atoms with Gasteiger partial charge in [-0.3, -0.25) is 4.79 Å². The van der Waals surface area contributed by atoms with Crippen LogP contribution < -0.4 is 0 Å². The molecule has 0 radical (unpaired) electrons. The Bertz CT molecular complexity index is 510. The Hall–Kier alpha value is -0.660. The maximum atomic E-state index is 14.1. The third-order valence-electron chi connectivity index (χ3n) is 7.72. The molecule has 0 heterocycles. The summed E-state index contributed by atoms with van der Waals surface area (Å²) in [5, 5.41) is 0. The summed E-state index contributed by atoms with van der Waals surface area (Å²) in [7, 11) is 0. The lowest BCUT2D eigenvalue weighted by molar-refractivity contribution is -0.134. The molecule has 1 nitrogen and oxygen atoms in total. The summed E-state index contributed by atoms with van der Waals surface area (Å²) in [5.74, 6) is 1.43. The van der Waals surface area contributed by atoms with Crippen LogP contribution >= 0.6 is 0 Å². The van der Waals surface area contributed by atoms with Crippen LogP contribution in [0.3, 0.4) is 0 Å². The van der Waals surface area contributed by atoms with E-state index >= 15 is 0 Å². The van der Waals surface area contributed by atoms with Gasteiger partial charge in [-0.15, -0.1) is 0 Å². The third kappa shape index (κ3) is 1.71. The average Bonchev–Trinajstić information content (AvgIpc) is 2.70. The van der Waals surface area contributed by atoms with Crippen molar-refractivity contribution in [1.82, 2.24) is 0 Å². The SMILES string of the molecule is C[C@]12CCCCC1=CC[C@@H]1[C@@H]2CC[C@]2(C)C(=O)C(F)C[C@@H]12. The first kappa shape index (κ1) is 14.0. The van der Waals surface area contributed by atoms with Crippen molar-refractivity contribution in [2.75, 3.05) is 0 Å². The average molecular weight is 290 g/mol. The first-order chi connectivity index (χ1) is 9.97. The van der Waals surface area contributed by atoms with E-state index in [4.69, 9.17) is 0 Å². The summed E-state index contributed by atoms with van der Waals surface area (Å²) in [5.41, 5.74) is 1.66. The van der Waals surface area contributed by atoms with E-state index in [9.17, 15) is 9.18 Å². The van der Waals surface area contributed by atoms with Gasteiger partial charge >= 0.3 is 0 Å². The highest BCUT2D eigenvalue weighted by Crippen LogP contribution is 2.64. The van der Waals surface area contributed by atoms with Crippen LogP contribution in [0.1, 0.15) is 65.2 Å². The van der Waals surface area contributed by atoms with Gasteiger partial charge in [0.1, 0.15) is 0 Å². The molecule has 4 aliphatic rings. The molecule has 21 heavy (non-hydrogen) atoms. The van der Waals surface area contributed by atoms with Gasteiger partial charge in [0, 0.05) is 5.41 Å². The lowest BCUT2D eigenvalue weighted by Gasteiger charge is -2.56. The van der Waals surface area contributed by atoms with Gasteiger partial charge in [-0.25, -0.2) is 4.39 Å². The number of allylic oxidation sites excluding steroid dienone is 2. The van der Waals surface area contributed by atoms with Gasteiger partial charge in [-0.2, -0.15) is 0 Å². The molecule has 3 fully saturated rings. The molecule has 3 saturated carbocycles. The zero-order chi connectivity index (χ0) is 14.8. The Morgan fingerprint density at radius 1 is 1.14 bits per heavy atom. The normalized spacial score (nSPS) is 52.7. The quantitative estimate of drug-likeness (QED) is 0.582. The van der Waals surface area contributed by atoms with Crippen molar-refractivity contribution in [2.45, 2.75) is 71.4 Å². The molecule has 0 saturated heterocycles. The number of rotatable bonds is 0. The van der Waals surface area contributed by atoms with E-state index in [-0.39, 0.29) is 17.1 Å². The Morgan fingerprint density at radius 3 is 2.76 bits per heavy atom. The number of alkyl halides is 1. The lowest BCUT2D eigenvalue weighted by Crippen LogP contribution is -2.49. The van der Waals surface area contributed by atoms with Crippen LogP contribution in [0.15, 0.2) is 11.6 Å². The fraction of sp³-hybridized carbons (Fsp3) is 0.842. The van der Waals surface area contributed by atoms with Crippen molar-refractivity contribution in [1.29, 1.82) is 0 Å². The summed E-state index contributed by atoms with van der Waals surface area (Å²) in [6.07, 6.45) is 10.2. The molecule has 1 unspecified atom stereocenters. The largest absolute Gasteiger partial charge is 0.296 e. The van der Waals surface area contributed by atoms with Gasteiger partial charge < -0.3 is 0 Å². The van der Waals surface area contributed by atoms with Crippen molar-refractivity contribution in [2.24, 2.45) is 28.6 Å². The van der Waals surface area contributed by atoms with Crippen molar-refractivity contribution in [3.05, 3.63) is 11.6 Å². The standard InChI is InChI=1S/C19H27FO/c1-18-9-4-3-5-12(18)6-7-13-14(18)8-10-19(2)15(13)11-16(20)17(19)21/h6,13-16H,3-5,7-11H2,1-2H3/t13-,14+,15+,16?,18+,19+/m1/s1. The first-order valence-corrected chi connectivity index (χ1v) is 8.85. The number of carbonyl (C=O) groups is 1. The maximum Gasteiger partial charge on any atom is 0.173 e. The molecule has 0 aromatic heterocycles. The zero-order valence-electron chi connectivity index (χ0n) is 13.3. The van der Waals surface area contributed by atoms with E-state index in [2.05, 4.69) is 19.9 Å². The second kappa shape index (κ2) is 4.43. The molecule has 4 aliphatic carbocycles. The highest BCUT2D eigenvalue weighted by atomic mass is 19.1. The van der Waals surface area contributed by atoms with Crippen LogP contribution in [0.5, 0.6) is 0 Å². The van der Waals surface area contributed by atoms with Gasteiger partial charge in [0.05, 0.1) is 0 Å². The number of Topliss-reactive ketones (excluding diaryl/α,β-unsaturated/α-hetero) is 1. The number of ketones is 1. The molecule has 0 aromatic rings. The molecule has 0 aromatic carbocycles. The summed E-state index contributed by atoms with van der Waals surface area (Å²) < 4.78 is 14.1. The maximum absolute atomic E-state index is 14.1. The van der Waals surface area contributed by atoms with Crippen molar-refractivity contribution < 1.29 is 9.18 Å². The number of hydrogen-bond acceptors (Lipinski definition) is 1. The highest BCUT2D eigenvalue weighted by molar-refractivity contribution is 5.91.